The average molecular weight is 329 g/mol. The van der Waals surface area contributed by atoms with E-state index >= 15 is 0 Å². The topological polar surface area (TPSA) is 38.0 Å². The molecule has 106 valence electrons. The molecule has 2 rings (SSSR count). The maximum absolute atomic E-state index is 14.3. The first-order valence-corrected chi connectivity index (χ1v) is 7.66. The molecule has 0 aromatic heterocycles. The maximum atomic E-state index is 14.3. The van der Waals surface area contributed by atoms with Crippen molar-refractivity contribution in [1.29, 1.82) is 0 Å². The van der Waals surface area contributed by atoms with Crippen LogP contribution >= 0.6 is 15.9 Å². The Hall–Kier alpha value is -0.450. The number of hydrogen-bond acceptors (Lipinski definition) is 2. The molecule has 0 bridgehead atoms. The Morgan fingerprint density at radius 3 is 2.79 bits per heavy atom. The average Bonchev–Trinajstić information content (AvgIpc) is 2.37. The van der Waals surface area contributed by atoms with E-state index in [0.717, 1.165) is 6.42 Å². The van der Waals surface area contributed by atoms with Crippen LogP contribution in [-0.2, 0) is 0 Å². The second kappa shape index (κ2) is 5.90. The van der Waals surface area contributed by atoms with E-state index in [9.17, 15) is 4.39 Å². The first-order chi connectivity index (χ1) is 8.97. The summed E-state index contributed by atoms with van der Waals surface area (Å²) in [6.07, 6.45) is 4.71. The van der Waals surface area contributed by atoms with E-state index in [1.165, 1.54) is 19.3 Å². The normalized spacial score (nSPS) is 24.2. The van der Waals surface area contributed by atoms with Gasteiger partial charge >= 0.3 is 0 Å². The van der Waals surface area contributed by atoms with Crippen molar-refractivity contribution in [2.45, 2.75) is 45.6 Å². The zero-order valence-electron chi connectivity index (χ0n) is 11.5. The van der Waals surface area contributed by atoms with E-state index in [0.29, 0.717) is 16.0 Å². The number of rotatable bonds is 3. The smallest absolute Gasteiger partial charge is 0.142 e. The summed E-state index contributed by atoms with van der Waals surface area (Å²) in [5.41, 5.74) is 3.70. The largest absolute Gasteiger partial charge is 0.271 e. The number of nitrogens with two attached hydrogens (primary N) is 1. The first kappa shape index (κ1) is 14.9. The molecule has 2 nitrogen and oxygen atoms in total. The van der Waals surface area contributed by atoms with Gasteiger partial charge in [-0.1, -0.05) is 38.8 Å². The number of hydrogen-bond donors (Lipinski definition) is 2. The fourth-order valence-corrected chi connectivity index (χ4v) is 3.70. The highest BCUT2D eigenvalue weighted by Crippen LogP contribution is 2.47. The van der Waals surface area contributed by atoms with Gasteiger partial charge < -0.3 is 0 Å². The Balaban J connectivity index is 2.36. The van der Waals surface area contributed by atoms with Gasteiger partial charge in [0.05, 0.1) is 10.5 Å². The van der Waals surface area contributed by atoms with Gasteiger partial charge in [0.15, 0.2) is 0 Å². The van der Waals surface area contributed by atoms with E-state index in [1.54, 1.807) is 6.07 Å². The molecular formula is C15H22BrFN2. The lowest BCUT2D eigenvalue weighted by Crippen LogP contribution is -2.42. The summed E-state index contributed by atoms with van der Waals surface area (Å²) in [5, 5.41) is 0. The molecule has 0 spiro atoms. The third kappa shape index (κ3) is 3.01. The van der Waals surface area contributed by atoms with Gasteiger partial charge in [-0.2, -0.15) is 0 Å². The van der Waals surface area contributed by atoms with E-state index in [1.807, 2.05) is 12.1 Å². The standard InChI is InChI=1S/C15H22BrFN2/c1-15(2)9-4-3-7-11(15)14(19-18)10-6-5-8-12(16)13(10)17/h5-6,8,11,14,19H,3-4,7,9,18H2,1-2H3. The Morgan fingerprint density at radius 2 is 2.16 bits per heavy atom. The molecule has 2 unspecified atom stereocenters. The van der Waals surface area contributed by atoms with Crippen molar-refractivity contribution in [3.63, 3.8) is 0 Å². The van der Waals surface area contributed by atoms with E-state index < -0.39 is 0 Å². The van der Waals surface area contributed by atoms with E-state index in [-0.39, 0.29) is 17.3 Å². The lowest BCUT2D eigenvalue weighted by molar-refractivity contribution is 0.0968. The van der Waals surface area contributed by atoms with Crippen LogP contribution in [0.4, 0.5) is 4.39 Å². The summed E-state index contributed by atoms with van der Waals surface area (Å²) < 4.78 is 14.8. The minimum atomic E-state index is -0.202. The van der Waals surface area contributed by atoms with Gasteiger partial charge in [-0.15, -0.1) is 0 Å². The molecule has 1 aromatic rings. The molecule has 4 heteroatoms. The summed E-state index contributed by atoms with van der Waals surface area (Å²) in [7, 11) is 0. The minimum absolute atomic E-state index is 0.132. The summed E-state index contributed by atoms with van der Waals surface area (Å²) >= 11 is 3.25. The number of hydrazine groups is 1. The monoisotopic (exact) mass is 328 g/mol. The highest BCUT2D eigenvalue weighted by Gasteiger charge is 2.38. The quantitative estimate of drug-likeness (QED) is 0.641. The van der Waals surface area contributed by atoms with E-state index in [4.69, 9.17) is 5.84 Å². The fraction of sp³-hybridized carbons (Fsp3) is 0.600. The lowest BCUT2D eigenvalue weighted by Gasteiger charge is -2.43. The van der Waals surface area contributed by atoms with Crippen molar-refractivity contribution in [3.05, 3.63) is 34.1 Å². The predicted molar refractivity (Wildman–Crippen MR) is 79.9 cm³/mol. The van der Waals surface area contributed by atoms with E-state index in [2.05, 4.69) is 35.2 Å². The van der Waals surface area contributed by atoms with Crippen molar-refractivity contribution >= 4 is 15.9 Å². The Morgan fingerprint density at radius 1 is 1.42 bits per heavy atom. The number of benzene rings is 1. The molecule has 0 heterocycles. The highest BCUT2D eigenvalue weighted by atomic mass is 79.9. The molecule has 19 heavy (non-hydrogen) atoms. The zero-order valence-corrected chi connectivity index (χ0v) is 13.1. The minimum Gasteiger partial charge on any atom is -0.271 e. The molecule has 1 aliphatic rings. The first-order valence-electron chi connectivity index (χ1n) is 6.87. The third-order valence-corrected chi connectivity index (χ3v) is 5.10. The zero-order chi connectivity index (χ0) is 14.0. The molecule has 0 radical (unpaired) electrons. The van der Waals surface area contributed by atoms with Crippen LogP contribution in [0.1, 0.15) is 51.1 Å². The second-order valence-electron chi connectivity index (χ2n) is 6.13. The van der Waals surface area contributed by atoms with Gasteiger partial charge in [-0.3, -0.25) is 11.3 Å². The molecular weight excluding hydrogens is 307 g/mol. The Labute approximate surface area is 123 Å². The van der Waals surface area contributed by atoms with Gasteiger partial charge in [0.25, 0.3) is 0 Å². The molecule has 2 atom stereocenters. The van der Waals surface area contributed by atoms with Crippen LogP contribution in [0.3, 0.4) is 0 Å². The molecule has 1 aliphatic carbocycles. The summed E-state index contributed by atoms with van der Waals surface area (Å²) in [6, 6.07) is 5.28. The van der Waals surface area contributed by atoms with Crippen LogP contribution < -0.4 is 11.3 Å². The number of halogens is 2. The molecule has 0 amide bonds. The van der Waals surface area contributed by atoms with Crippen LogP contribution in [0, 0.1) is 17.2 Å². The van der Waals surface area contributed by atoms with Crippen molar-refractivity contribution in [2.24, 2.45) is 17.2 Å². The van der Waals surface area contributed by atoms with Crippen molar-refractivity contribution < 1.29 is 4.39 Å². The molecule has 1 aromatic carbocycles. The summed E-state index contributed by atoms with van der Waals surface area (Å²) in [6.45, 7) is 4.52. The van der Waals surface area contributed by atoms with Gasteiger partial charge in [0.1, 0.15) is 5.82 Å². The van der Waals surface area contributed by atoms with Crippen molar-refractivity contribution in [3.8, 4) is 0 Å². The van der Waals surface area contributed by atoms with Gasteiger partial charge in [0, 0.05) is 5.56 Å². The summed E-state index contributed by atoms with van der Waals surface area (Å²) in [4.78, 5) is 0. The van der Waals surface area contributed by atoms with Crippen LogP contribution in [0.25, 0.3) is 0 Å². The molecule has 3 N–H and O–H groups in total. The molecule has 1 saturated carbocycles. The predicted octanol–water partition coefficient (Wildman–Crippen LogP) is 4.31. The second-order valence-corrected chi connectivity index (χ2v) is 6.98. The SMILES string of the molecule is CC1(C)CCCCC1C(NN)c1cccc(Br)c1F. The van der Waals surface area contributed by atoms with Crippen LogP contribution in [0.15, 0.2) is 22.7 Å². The van der Waals surface area contributed by atoms with Crippen LogP contribution in [0.5, 0.6) is 0 Å². The van der Waals surface area contributed by atoms with Crippen molar-refractivity contribution in [2.75, 3.05) is 0 Å². The van der Waals surface area contributed by atoms with Gasteiger partial charge in [-0.25, -0.2) is 4.39 Å². The Bertz CT molecular complexity index is 448. The molecule has 0 saturated heterocycles. The van der Waals surface area contributed by atoms with Gasteiger partial charge in [0.2, 0.25) is 0 Å². The highest BCUT2D eigenvalue weighted by molar-refractivity contribution is 9.10. The lowest BCUT2D eigenvalue weighted by atomic mass is 9.65. The maximum Gasteiger partial charge on any atom is 0.142 e. The summed E-state index contributed by atoms with van der Waals surface area (Å²) in [5.74, 6) is 5.90. The molecule has 1 fully saturated rings. The number of nitrogens with one attached hydrogen (secondary N) is 1. The van der Waals surface area contributed by atoms with Crippen molar-refractivity contribution in [1.82, 2.24) is 5.43 Å². The van der Waals surface area contributed by atoms with Crippen LogP contribution in [0.2, 0.25) is 0 Å². The third-order valence-electron chi connectivity index (χ3n) is 4.49. The van der Waals surface area contributed by atoms with Gasteiger partial charge in [-0.05, 0) is 46.2 Å². The molecule has 0 aliphatic heterocycles. The Kier molecular flexibility index (Phi) is 4.64. The van der Waals surface area contributed by atoms with Crippen LogP contribution in [-0.4, -0.2) is 0 Å². The fourth-order valence-electron chi connectivity index (χ4n) is 3.32.